The Labute approximate surface area is 182 Å². The third-order valence-electron chi connectivity index (χ3n) is 5.32. The largest absolute Gasteiger partial charge is 0.477 e. The van der Waals surface area contributed by atoms with Gasteiger partial charge in [-0.1, -0.05) is 50.5 Å². The molecule has 0 bridgehead atoms. The number of carboxylic acid groups (broad SMARTS) is 1. The highest BCUT2D eigenvalue weighted by molar-refractivity contribution is 7.13. The van der Waals surface area contributed by atoms with Gasteiger partial charge in [0.1, 0.15) is 10.9 Å². The van der Waals surface area contributed by atoms with E-state index in [0.717, 1.165) is 41.9 Å². The van der Waals surface area contributed by atoms with Gasteiger partial charge in [-0.25, -0.2) is 4.79 Å². The Morgan fingerprint density at radius 1 is 1.03 bits per heavy atom. The van der Waals surface area contributed by atoms with E-state index in [1.165, 1.54) is 42.6 Å². The molecule has 3 rings (SSSR count). The molecule has 0 spiro atoms. The molecule has 0 aliphatic heterocycles. The maximum absolute atomic E-state index is 11.0. The minimum atomic E-state index is -0.869. The normalized spacial score (nSPS) is 10.8. The molecular formula is C25H28N2O2S. The van der Waals surface area contributed by atoms with E-state index in [2.05, 4.69) is 41.8 Å². The standard InChI is InChI=1S/C25H28N2O2S/c1-2-3-4-5-7-19-9-11-20(12-10-19)24-21(18-26)15-17-27(24)16-6-8-22-13-14-23(30-22)25(28)29/h9-15,17H,2-8,16H2,1H3,(H,28,29). The number of aromatic nitrogens is 1. The van der Waals surface area contributed by atoms with Gasteiger partial charge < -0.3 is 9.67 Å². The van der Waals surface area contributed by atoms with Crippen molar-refractivity contribution in [1.29, 1.82) is 5.26 Å². The number of rotatable bonds is 11. The van der Waals surface area contributed by atoms with Crippen LogP contribution in [0.4, 0.5) is 0 Å². The van der Waals surface area contributed by atoms with Gasteiger partial charge in [-0.2, -0.15) is 5.26 Å². The monoisotopic (exact) mass is 420 g/mol. The second kappa shape index (κ2) is 10.8. The van der Waals surface area contributed by atoms with Crippen LogP contribution >= 0.6 is 11.3 Å². The Balaban J connectivity index is 1.65. The lowest BCUT2D eigenvalue weighted by Gasteiger charge is -2.11. The molecule has 0 radical (unpaired) electrons. The second-order valence-corrected chi connectivity index (χ2v) is 8.73. The van der Waals surface area contributed by atoms with E-state index >= 15 is 0 Å². The summed E-state index contributed by atoms with van der Waals surface area (Å²) in [6.07, 6.45) is 9.84. The van der Waals surface area contributed by atoms with Gasteiger partial charge in [0.05, 0.1) is 11.3 Å². The molecule has 0 amide bonds. The average molecular weight is 421 g/mol. The Morgan fingerprint density at radius 3 is 2.50 bits per heavy atom. The van der Waals surface area contributed by atoms with Crippen molar-refractivity contribution in [3.05, 3.63) is 69.5 Å². The molecule has 1 N–H and O–H groups in total. The summed E-state index contributed by atoms with van der Waals surface area (Å²) in [5, 5.41) is 18.6. The lowest BCUT2D eigenvalue weighted by molar-refractivity contribution is 0.0702. The molecule has 0 aliphatic rings. The molecule has 0 saturated carbocycles. The minimum absolute atomic E-state index is 0.383. The molecule has 2 heterocycles. The van der Waals surface area contributed by atoms with E-state index in [4.69, 9.17) is 5.11 Å². The lowest BCUT2D eigenvalue weighted by atomic mass is 10.0. The fraction of sp³-hybridized carbons (Fsp3) is 0.360. The van der Waals surface area contributed by atoms with Gasteiger partial charge in [-0.05, 0) is 55.0 Å². The number of aryl methyl sites for hydroxylation is 3. The van der Waals surface area contributed by atoms with Crippen molar-refractivity contribution in [2.24, 2.45) is 0 Å². The van der Waals surface area contributed by atoms with Crippen molar-refractivity contribution < 1.29 is 9.90 Å². The molecular weight excluding hydrogens is 392 g/mol. The molecule has 3 aromatic rings. The Kier molecular flexibility index (Phi) is 7.87. The van der Waals surface area contributed by atoms with Crippen LogP contribution in [0.5, 0.6) is 0 Å². The van der Waals surface area contributed by atoms with Crippen LogP contribution in [0.25, 0.3) is 11.3 Å². The van der Waals surface area contributed by atoms with Crippen molar-refractivity contribution >= 4 is 17.3 Å². The Morgan fingerprint density at radius 2 is 1.83 bits per heavy atom. The van der Waals surface area contributed by atoms with E-state index in [1.807, 2.05) is 18.3 Å². The molecule has 0 aliphatic carbocycles. The molecule has 4 nitrogen and oxygen atoms in total. The first kappa shape index (κ1) is 21.9. The van der Waals surface area contributed by atoms with E-state index < -0.39 is 5.97 Å². The van der Waals surface area contributed by atoms with Crippen LogP contribution in [0, 0.1) is 11.3 Å². The summed E-state index contributed by atoms with van der Waals surface area (Å²) in [5.74, 6) is -0.869. The zero-order valence-electron chi connectivity index (χ0n) is 17.4. The zero-order valence-corrected chi connectivity index (χ0v) is 18.3. The van der Waals surface area contributed by atoms with Gasteiger partial charge in [-0.15, -0.1) is 11.3 Å². The van der Waals surface area contributed by atoms with Crippen LogP contribution in [-0.4, -0.2) is 15.6 Å². The van der Waals surface area contributed by atoms with Crippen LogP contribution in [0.3, 0.4) is 0 Å². The number of benzene rings is 1. The molecule has 5 heteroatoms. The third-order valence-corrected chi connectivity index (χ3v) is 6.46. The first-order valence-electron chi connectivity index (χ1n) is 10.6. The van der Waals surface area contributed by atoms with Gasteiger partial charge >= 0.3 is 5.97 Å². The quantitative estimate of drug-likeness (QED) is 0.358. The summed E-state index contributed by atoms with van der Waals surface area (Å²) in [6.45, 7) is 3.01. The van der Waals surface area contributed by atoms with Gasteiger partial charge in [-0.3, -0.25) is 0 Å². The fourth-order valence-electron chi connectivity index (χ4n) is 3.71. The summed E-state index contributed by atoms with van der Waals surface area (Å²) < 4.78 is 2.14. The number of nitrogens with zero attached hydrogens (tertiary/aromatic N) is 2. The number of carboxylic acids is 1. The number of hydrogen-bond acceptors (Lipinski definition) is 3. The molecule has 156 valence electrons. The molecule has 0 fully saturated rings. The number of hydrogen-bond donors (Lipinski definition) is 1. The van der Waals surface area contributed by atoms with E-state index in [9.17, 15) is 10.1 Å². The highest BCUT2D eigenvalue weighted by Crippen LogP contribution is 2.26. The number of aromatic carboxylic acids is 1. The summed E-state index contributed by atoms with van der Waals surface area (Å²) in [7, 11) is 0. The van der Waals surface area contributed by atoms with Crippen molar-refractivity contribution in [3.8, 4) is 17.3 Å². The van der Waals surface area contributed by atoms with E-state index in [0.29, 0.717) is 10.4 Å². The average Bonchev–Trinajstić information content (AvgIpc) is 3.39. The van der Waals surface area contributed by atoms with Gasteiger partial charge in [0.25, 0.3) is 0 Å². The molecule has 30 heavy (non-hydrogen) atoms. The topological polar surface area (TPSA) is 66.0 Å². The van der Waals surface area contributed by atoms with Crippen molar-refractivity contribution in [2.45, 2.75) is 58.4 Å². The summed E-state index contributed by atoms with van der Waals surface area (Å²) in [4.78, 5) is 12.5. The van der Waals surface area contributed by atoms with E-state index in [1.54, 1.807) is 6.07 Å². The van der Waals surface area contributed by atoms with Crippen molar-refractivity contribution in [2.75, 3.05) is 0 Å². The van der Waals surface area contributed by atoms with Crippen molar-refractivity contribution in [1.82, 2.24) is 4.57 Å². The van der Waals surface area contributed by atoms with E-state index in [-0.39, 0.29) is 0 Å². The minimum Gasteiger partial charge on any atom is -0.477 e. The molecule has 1 aromatic carbocycles. The van der Waals surface area contributed by atoms with Gasteiger partial charge in [0.15, 0.2) is 0 Å². The van der Waals surface area contributed by atoms with Gasteiger partial charge in [0.2, 0.25) is 0 Å². The van der Waals surface area contributed by atoms with Crippen LogP contribution in [0.15, 0.2) is 48.7 Å². The Hall–Kier alpha value is -2.84. The molecule has 2 aromatic heterocycles. The summed E-state index contributed by atoms with van der Waals surface area (Å²) >= 11 is 1.34. The smallest absolute Gasteiger partial charge is 0.345 e. The predicted molar refractivity (Wildman–Crippen MR) is 122 cm³/mol. The molecule has 0 saturated heterocycles. The summed E-state index contributed by atoms with van der Waals surface area (Å²) in [5.41, 5.74) is 4.07. The number of unbranched alkanes of at least 4 members (excludes halogenated alkanes) is 3. The number of carbonyl (C=O) groups is 1. The predicted octanol–water partition coefficient (Wildman–Crippen LogP) is 6.54. The van der Waals surface area contributed by atoms with Crippen LogP contribution in [0.1, 0.15) is 64.7 Å². The lowest BCUT2D eigenvalue weighted by Crippen LogP contribution is -2.01. The van der Waals surface area contributed by atoms with Crippen LogP contribution in [0.2, 0.25) is 0 Å². The highest BCUT2D eigenvalue weighted by atomic mass is 32.1. The molecule has 0 unspecified atom stereocenters. The third kappa shape index (κ3) is 5.61. The highest BCUT2D eigenvalue weighted by Gasteiger charge is 2.12. The number of thiophene rings is 1. The first-order valence-corrected chi connectivity index (χ1v) is 11.4. The fourth-order valence-corrected chi connectivity index (χ4v) is 4.59. The summed E-state index contributed by atoms with van der Waals surface area (Å²) in [6, 6.07) is 16.4. The molecule has 0 atom stereocenters. The SMILES string of the molecule is CCCCCCc1ccc(-c2c(C#N)ccn2CCCc2ccc(C(=O)O)s2)cc1. The maximum atomic E-state index is 11.0. The first-order chi connectivity index (χ1) is 14.6. The Bertz CT molecular complexity index is 1010. The second-order valence-electron chi connectivity index (χ2n) is 7.57. The zero-order chi connectivity index (χ0) is 21.3. The van der Waals surface area contributed by atoms with Crippen LogP contribution in [-0.2, 0) is 19.4 Å². The number of nitriles is 1. The van der Waals surface area contributed by atoms with Crippen molar-refractivity contribution in [3.63, 3.8) is 0 Å². The van der Waals surface area contributed by atoms with Crippen LogP contribution < -0.4 is 0 Å². The maximum Gasteiger partial charge on any atom is 0.345 e. The van der Waals surface area contributed by atoms with Gasteiger partial charge in [0, 0.05) is 17.6 Å².